The normalized spacial score (nSPS) is 15.5. The Hall–Kier alpha value is -2.62. The van der Waals surface area contributed by atoms with Crippen molar-refractivity contribution in [2.75, 3.05) is 5.32 Å². The number of hydrogen-bond acceptors (Lipinski definition) is 2. The van der Waals surface area contributed by atoms with Crippen LogP contribution in [0.25, 0.3) is 0 Å². The van der Waals surface area contributed by atoms with Crippen molar-refractivity contribution in [3.8, 4) is 0 Å². The topological polar surface area (TPSA) is 66.4 Å². The first kappa shape index (κ1) is 15.3. The van der Waals surface area contributed by atoms with E-state index in [4.69, 9.17) is 5.11 Å². The fourth-order valence-electron chi connectivity index (χ4n) is 3.17. The smallest absolute Gasteiger partial charge is 0.335 e. The molecule has 0 saturated heterocycles. The summed E-state index contributed by atoms with van der Waals surface area (Å²) in [6.07, 6.45) is 2.73. The number of amides is 1. The summed E-state index contributed by atoms with van der Waals surface area (Å²) < 4.78 is 0. The van der Waals surface area contributed by atoms with E-state index in [0.717, 1.165) is 24.8 Å². The average molecular weight is 309 g/mol. The van der Waals surface area contributed by atoms with Gasteiger partial charge in [0.15, 0.2) is 0 Å². The number of aromatic carboxylic acids is 1. The standard InChI is InChI=1S/C19H19NO3/c1-13-12-15(8-9-16(13)17(21)22)20-18(23)19(10-5-11-19)14-6-3-2-4-7-14/h2-4,6-9,12H,5,10-11H2,1H3,(H,20,23)(H,21,22). The lowest BCUT2D eigenvalue weighted by Gasteiger charge is -2.40. The number of hydrogen-bond donors (Lipinski definition) is 2. The summed E-state index contributed by atoms with van der Waals surface area (Å²) >= 11 is 0. The predicted molar refractivity (Wildman–Crippen MR) is 88.7 cm³/mol. The van der Waals surface area contributed by atoms with Crippen LogP contribution in [0.1, 0.15) is 40.7 Å². The lowest BCUT2D eigenvalue weighted by Crippen LogP contribution is -2.46. The lowest BCUT2D eigenvalue weighted by atomic mass is 9.64. The van der Waals surface area contributed by atoms with Gasteiger partial charge < -0.3 is 10.4 Å². The molecule has 1 aliphatic carbocycles. The van der Waals surface area contributed by atoms with E-state index in [1.807, 2.05) is 30.3 Å². The zero-order valence-corrected chi connectivity index (χ0v) is 13.0. The van der Waals surface area contributed by atoms with E-state index in [-0.39, 0.29) is 11.5 Å². The molecule has 0 bridgehead atoms. The molecule has 4 nitrogen and oxygen atoms in total. The molecular formula is C19H19NO3. The molecule has 3 rings (SSSR count). The van der Waals surface area contributed by atoms with Crippen molar-refractivity contribution in [2.45, 2.75) is 31.6 Å². The second-order valence-corrected chi connectivity index (χ2v) is 6.09. The first-order valence-corrected chi connectivity index (χ1v) is 7.74. The quantitative estimate of drug-likeness (QED) is 0.904. The molecule has 1 amide bonds. The van der Waals surface area contributed by atoms with Crippen LogP contribution in [0.3, 0.4) is 0 Å². The van der Waals surface area contributed by atoms with E-state index < -0.39 is 11.4 Å². The van der Waals surface area contributed by atoms with Crippen LogP contribution in [0.5, 0.6) is 0 Å². The molecule has 0 radical (unpaired) electrons. The van der Waals surface area contributed by atoms with Gasteiger partial charge in [0.05, 0.1) is 11.0 Å². The average Bonchev–Trinajstić information content (AvgIpc) is 2.47. The van der Waals surface area contributed by atoms with Gasteiger partial charge in [-0.3, -0.25) is 4.79 Å². The molecule has 4 heteroatoms. The lowest BCUT2D eigenvalue weighted by molar-refractivity contribution is -0.124. The highest BCUT2D eigenvalue weighted by atomic mass is 16.4. The van der Waals surface area contributed by atoms with Crippen LogP contribution in [-0.2, 0) is 10.2 Å². The van der Waals surface area contributed by atoms with Crippen LogP contribution in [-0.4, -0.2) is 17.0 Å². The molecule has 2 N–H and O–H groups in total. The summed E-state index contributed by atoms with van der Waals surface area (Å²) in [7, 11) is 0. The third-order valence-electron chi connectivity index (χ3n) is 4.68. The van der Waals surface area contributed by atoms with Crippen LogP contribution < -0.4 is 5.32 Å². The second kappa shape index (κ2) is 5.88. The zero-order chi connectivity index (χ0) is 16.4. The van der Waals surface area contributed by atoms with Gasteiger partial charge in [0.25, 0.3) is 0 Å². The third-order valence-corrected chi connectivity index (χ3v) is 4.68. The van der Waals surface area contributed by atoms with Crippen molar-refractivity contribution in [1.29, 1.82) is 0 Å². The van der Waals surface area contributed by atoms with Crippen molar-refractivity contribution in [1.82, 2.24) is 0 Å². The van der Waals surface area contributed by atoms with Gasteiger partial charge in [0, 0.05) is 5.69 Å². The maximum atomic E-state index is 12.8. The van der Waals surface area contributed by atoms with Gasteiger partial charge in [0.2, 0.25) is 5.91 Å². The molecule has 0 spiro atoms. The highest BCUT2D eigenvalue weighted by molar-refractivity contribution is 6.00. The monoisotopic (exact) mass is 309 g/mol. The zero-order valence-electron chi connectivity index (χ0n) is 13.0. The Kier molecular flexibility index (Phi) is 3.90. The van der Waals surface area contributed by atoms with Gasteiger partial charge in [-0.1, -0.05) is 36.8 Å². The predicted octanol–water partition coefficient (Wildman–Crippen LogP) is 3.75. The molecule has 0 aliphatic heterocycles. The first-order chi connectivity index (χ1) is 11.0. The molecule has 2 aromatic rings. The van der Waals surface area contributed by atoms with Gasteiger partial charge in [-0.2, -0.15) is 0 Å². The Balaban J connectivity index is 1.84. The van der Waals surface area contributed by atoms with E-state index >= 15 is 0 Å². The molecule has 23 heavy (non-hydrogen) atoms. The van der Waals surface area contributed by atoms with Crippen molar-refractivity contribution < 1.29 is 14.7 Å². The van der Waals surface area contributed by atoms with E-state index in [1.165, 1.54) is 6.07 Å². The molecule has 2 aromatic carbocycles. The third kappa shape index (κ3) is 2.72. The van der Waals surface area contributed by atoms with Crippen molar-refractivity contribution in [3.05, 3.63) is 65.2 Å². The maximum absolute atomic E-state index is 12.8. The summed E-state index contributed by atoms with van der Waals surface area (Å²) in [6, 6.07) is 14.7. The van der Waals surface area contributed by atoms with Gasteiger partial charge in [-0.05, 0) is 49.1 Å². The Morgan fingerprint density at radius 3 is 2.30 bits per heavy atom. The summed E-state index contributed by atoms with van der Waals surface area (Å²) in [5, 5.41) is 12.0. The molecular weight excluding hydrogens is 290 g/mol. The van der Waals surface area contributed by atoms with Crippen molar-refractivity contribution in [2.24, 2.45) is 0 Å². The summed E-state index contributed by atoms with van der Waals surface area (Å²) in [6.45, 7) is 1.73. The van der Waals surface area contributed by atoms with Gasteiger partial charge in [-0.25, -0.2) is 4.79 Å². The van der Waals surface area contributed by atoms with Crippen LogP contribution in [0.4, 0.5) is 5.69 Å². The van der Waals surface area contributed by atoms with Gasteiger partial charge >= 0.3 is 5.97 Å². The SMILES string of the molecule is Cc1cc(NC(=O)C2(c3ccccc3)CCC2)ccc1C(=O)O. The van der Waals surface area contributed by atoms with Crippen LogP contribution in [0.15, 0.2) is 48.5 Å². The molecule has 1 fully saturated rings. The number of anilines is 1. The number of carboxylic acid groups (broad SMARTS) is 1. The molecule has 0 atom stereocenters. The van der Waals surface area contributed by atoms with Crippen LogP contribution >= 0.6 is 0 Å². The maximum Gasteiger partial charge on any atom is 0.335 e. The summed E-state index contributed by atoms with van der Waals surface area (Å²) in [4.78, 5) is 23.9. The molecule has 1 saturated carbocycles. The molecule has 0 heterocycles. The fourth-order valence-corrected chi connectivity index (χ4v) is 3.17. The fraction of sp³-hybridized carbons (Fsp3) is 0.263. The number of aryl methyl sites for hydroxylation is 1. The Labute approximate surface area is 135 Å². The molecule has 118 valence electrons. The minimum Gasteiger partial charge on any atom is -0.478 e. The largest absolute Gasteiger partial charge is 0.478 e. The van der Waals surface area contributed by atoms with E-state index in [9.17, 15) is 9.59 Å². The number of carbonyl (C=O) groups excluding carboxylic acids is 1. The number of carbonyl (C=O) groups is 2. The minimum atomic E-state index is -0.958. The highest BCUT2D eigenvalue weighted by Gasteiger charge is 2.45. The molecule has 0 aromatic heterocycles. The second-order valence-electron chi connectivity index (χ2n) is 6.09. The number of benzene rings is 2. The van der Waals surface area contributed by atoms with E-state index in [0.29, 0.717) is 11.3 Å². The van der Waals surface area contributed by atoms with Crippen LogP contribution in [0.2, 0.25) is 0 Å². The summed E-state index contributed by atoms with van der Waals surface area (Å²) in [5.41, 5.74) is 2.12. The van der Waals surface area contributed by atoms with Crippen molar-refractivity contribution >= 4 is 17.6 Å². The highest BCUT2D eigenvalue weighted by Crippen LogP contribution is 2.44. The number of nitrogens with one attached hydrogen (secondary N) is 1. The Morgan fingerprint density at radius 1 is 1.09 bits per heavy atom. The van der Waals surface area contributed by atoms with Crippen molar-refractivity contribution in [3.63, 3.8) is 0 Å². The van der Waals surface area contributed by atoms with Gasteiger partial charge in [-0.15, -0.1) is 0 Å². The van der Waals surface area contributed by atoms with Gasteiger partial charge in [0.1, 0.15) is 0 Å². The van der Waals surface area contributed by atoms with E-state index in [1.54, 1.807) is 19.1 Å². The molecule has 1 aliphatic rings. The Morgan fingerprint density at radius 2 is 1.78 bits per heavy atom. The molecule has 0 unspecified atom stereocenters. The van der Waals surface area contributed by atoms with Crippen LogP contribution in [0, 0.1) is 6.92 Å². The first-order valence-electron chi connectivity index (χ1n) is 7.74. The number of carboxylic acids is 1. The van der Waals surface area contributed by atoms with E-state index in [2.05, 4.69) is 5.32 Å². The minimum absolute atomic E-state index is 0.0163. The number of rotatable bonds is 4. The Bertz CT molecular complexity index is 748. The summed E-state index contributed by atoms with van der Waals surface area (Å²) in [5.74, 6) is -0.974.